The molecule has 17 heavy (non-hydrogen) atoms. The molecule has 0 aliphatic carbocycles. The molecular formula is C12H14O5. The van der Waals surface area contributed by atoms with Crippen molar-refractivity contribution in [1.29, 1.82) is 0 Å². The van der Waals surface area contributed by atoms with Gasteiger partial charge in [-0.1, -0.05) is 19.1 Å². The molecule has 0 radical (unpaired) electrons. The minimum Gasteiger partial charge on any atom is -0.496 e. The SMILES string of the molecule is CCC(=O)c1ccc(C(O)C(=O)O)c(OC)c1. The highest BCUT2D eigenvalue weighted by Gasteiger charge is 2.21. The van der Waals surface area contributed by atoms with Gasteiger partial charge < -0.3 is 14.9 Å². The first kappa shape index (κ1) is 13.2. The number of hydrogen-bond donors (Lipinski definition) is 2. The van der Waals surface area contributed by atoms with Crippen LogP contribution < -0.4 is 4.74 Å². The number of ether oxygens (including phenoxy) is 1. The van der Waals surface area contributed by atoms with Crippen molar-refractivity contribution in [3.05, 3.63) is 29.3 Å². The summed E-state index contributed by atoms with van der Waals surface area (Å²) in [6, 6.07) is 4.31. The molecule has 0 aliphatic rings. The molecule has 2 N–H and O–H groups in total. The molecule has 0 spiro atoms. The third-order valence-electron chi connectivity index (χ3n) is 2.41. The first-order valence-electron chi connectivity index (χ1n) is 5.13. The topological polar surface area (TPSA) is 83.8 Å². The highest BCUT2D eigenvalue weighted by Crippen LogP contribution is 2.27. The van der Waals surface area contributed by atoms with E-state index in [2.05, 4.69) is 0 Å². The summed E-state index contributed by atoms with van der Waals surface area (Å²) in [6.07, 6.45) is -1.31. The minimum absolute atomic E-state index is 0.0698. The second kappa shape index (κ2) is 5.45. The molecule has 92 valence electrons. The fourth-order valence-electron chi connectivity index (χ4n) is 1.45. The second-order valence-electron chi connectivity index (χ2n) is 3.47. The predicted molar refractivity (Wildman–Crippen MR) is 60.2 cm³/mol. The standard InChI is InChI=1S/C12H14O5/c1-3-9(13)7-4-5-8(10(6-7)17-2)11(14)12(15)16/h4-6,11,14H,3H2,1-2H3,(H,15,16). The van der Waals surface area contributed by atoms with Crippen LogP contribution in [0.4, 0.5) is 0 Å². The number of carbonyl (C=O) groups is 2. The summed E-state index contributed by atoms with van der Waals surface area (Å²) in [6.45, 7) is 1.73. The molecule has 0 aliphatic heterocycles. The van der Waals surface area contributed by atoms with Gasteiger partial charge in [0, 0.05) is 17.5 Å². The number of methoxy groups -OCH3 is 1. The number of carboxylic acid groups (broad SMARTS) is 1. The number of rotatable bonds is 5. The predicted octanol–water partition coefficient (Wildman–Crippen LogP) is 1.41. The van der Waals surface area contributed by atoms with Gasteiger partial charge in [-0.05, 0) is 6.07 Å². The zero-order valence-electron chi connectivity index (χ0n) is 9.64. The van der Waals surface area contributed by atoms with E-state index < -0.39 is 12.1 Å². The van der Waals surface area contributed by atoms with E-state index in [0.717, 1.165) is 0 Å². The molecule has 0 heterocycles. The lowest BCUT2D eigenvalue weighted by molar-refractivity contribution is -0.147. The number of hydrogen-bond acceptors (Lipinski definition) is 4. The van der Waals surface area contributed by atoms with Crippen LogP contribution in [-0.4, -0.2) is 29.1 Å². The zero-order chi connectivity index (χ0) is 13.0. The number of aliphatic hydroxyl groups excluding tert-OH is 1. The zero-order valence-corrected chi connectivity index (χ0v) is 9.64. The normalized spacial score (nSPS) is 11.9. The van der Waals surface area contributed by atoms with Crippen LogP contribution in [0.3, 0.4) is 0 Å². The average molecular weight is 238 g/mol. The number of aliphatic carboxylic acids is 1. The van der Waals surface area contributed by atoms with Gasteiger partial charge in [-0.15, -0.1) is 0 Å². The minimum atomic E-state index is -1.66. The van der Waals surface area contributed by atoms with Crippen LogP contribution in [0.2, 0.25) is 0 Å². The number of ketones is 1. The van der Waals surface area contributed by atoms with Gasteiger partial charge in [0.2, 0.25) is 0 Å². The van der Waals surface area contributed by atoms with Gasteiger partial charge in [-0.3, -0.25) is 4.79 Å². The van der Waals surface area contributed by atoms with Crippen LogP contribution in [0.15, 0.2) is 18.2 Å². The molecule has 1 aromatic carbocycles. The van der Waals surface area contributed by atoms with Gasteiger partial charge in [0.05, 0.1) is 7.11 Å². The van der Waals surface area contributed by atoms with Crippen molar-refractivity contribution in [3.8, 4) is 5.75 Å². The lowest BCUT2D eigenvalue weighted by atomic mass is 10.0. The molecule has 5 nitrogen and oxygen atoms in total. The lowest BCUT2D eigenvalue weighted by Gasteiger charge is -2.12. The first-order chi connectivity index (χ1) is 8.01. The molecule has 1 atom stereocenters. The molecule has 0 amide bonds. The second-order valence-corrected chi connectivity index (χ2v) is 3.47. The molecule has 0 saturated heterocycles. The highest BCUT2D eigenvalue weighted by atomic mass is 16.5. The summed E-state index contributed by atoms with van der Waals surface area (Å²) in [5, 5.41) is 18.1. The first-order valence-corrected chi connectivity index (χ1v) is 5.13. The molecule has 0 aromatic heterocycles. The number of Topliss-reactive ketones (excluding diaryl/α,β-unsaturated/α-hetero) is 1. The smallest absolute Gasteiger partial charge is 0.337 e. The quantitative estimate of drug-likeness (QED) is 0.757. The van der Waals surface area contributed by atoms with Crippen LogP contribution in [0.1, 0.15) is 35.4 Å². The highest BCUT2D eigenvalue weighted by molar-refractivity contribution is 5.96. The maximum atomic E-state index is 11.5. The van der Waals surface area contributed by atoms with E-state index in [4.69, 9.17) is 9.84 Å². The lowest BCUT2D eigenvalue weighted by Crippen LogP contribution is -2.12. The fraction of sp³-hybridized carbons (Fsp3) is 0.333. The molecule has 0 fully saturated rings. The Balaban J connectivity index is 3.18. The largest absolute Gasteiger partial charge is 0.496 e. The Kier molecular flexibility index (Phi) is 4.23. The van der Waals surface area contributed by atoms with E-state index in [1.807, 2.05) is 0 Å². The number of carboxylic acids is 1. The Bertz CT molecular complexity index is 439. The Hall–Kier alpha value is -1.88. The van der Waals surface area contributed by atoms with E-state index >= 15 is 0 Å². The van der Waals surface area contributed by atoms with Crippen LogP contribution in [0.5, 0.6) is 5.75 Å². The number of aliphatic hydroxyl groups is 1. The summed E-state index contributed by atoms with van der Waals surface area (Å²) in [7, 11) is 1.35. The van der Waals surface area contributed by atoms with Crippen LogP contribution >= 0.6 is 0 Å². The van der Waals surface area contributed by atoms with Crippen molar-refractivity contribution in [1.82, 2.24) is 0 Å². The molecule has 1 rings (SSSR count). The Morgan fingerprint density at radius 3 is 2.53 bits per heavy atom. The Morgan fingerprint density at radius 1 is 1.41 bits per heavy atom. The number of benzene rings is 1. The van der Waals surface area contributed by atoms with Crippen molar-refractivity contribution in [3.63, 3.8) is 0 Å². The summed E-state index contributed by atoms with van der Waals surface area (Å²) in [4.78, 5) is 22.1. The van der Waals surface area contributed by atoms with E-state index in [1.54, 1.807) is 6.92 Å². The summed E-state index contributed by atoms with van der Waals surface area (Å²) in [5.74, 6) is -1.24. The van der Waals surface area contributed by atoms with Crippen molar-refractivity contribution in [2.24, 2.45) is 0 Å². The summed E-state index contributed by atoms with van der Waals surface area (Å²) in [5.41, 5.74) is 0.568. The van der Waals surface area contributed by atoms with Crippen molar-refractivity contribution in [2.75, 3.05) is 7.11 Å². The maximum Gasteiger partial charge on any atom is 0.337 e. The van der Waals surface area contributed by atoms with E-state index in [1.165, 1.54) is 25.3 Å². The van der Waals surface area contributed by atoms with Gasteiger partial charge >= 0.3 is 5.97 Å². The van der Waals surface area contributed by atoms with Gasteiger partial charge in [-0.2, -0.15) is 0 Å². The maximum absolute atomic E-state index is 11.5. The average Bonchev–Trinajstić information content (AvgIpc) is 2.35. The third-order valence-corrected chi connectivity index (χ3v) is 2.41. The fourth-order valence-corrected chi connectivity index (χ4v) is 1.45. The monoisotopic (exact) mass is 238 g/mol. The Morgan fingerprint density at radius 2 is 2.06 bits per heavy atom. The summed E-state index contributed by atoms with van der Waals surface area (Å²) >= 11 is 0. The van der Waals surface area contributed by atoms with Crippen LogP contribution in [-0.2, 0) is 4.79 Å². The number of carbonyl (C=O) groups excluding carboxylic acids is 1. The molecule has 5 heteroatoms. The molecule has 1 unspecified atom stereocenters. The molecule has 0 bridgehead atoms. The van der Waals surface area contributed by atoms with E-state index in [-0.39, 0.29) is 17.1 Å². The Labute approximate surface area is 98.6 Å². The van der Waals surface area contributed by atoms with Gasteiger partial charge in [0.25, 0.3) is 0 Å². The van der Waals surface area contributed by atoms with Crippen LogP contribution in [0, 0.1) is 0 Å². The van der Waals surface area contributed by atoms with E-state index in [9.17, 15) is 14.7 Å². The van der Waals surface area contributed by atoms with Crippen molar-refractivity contribution >= 4 is 11.8 Å². The summed E-state index contributed by atoms with van der Waals surface area (Å²) < 4.78 is 4.98. The molecular weight excluding hydrogens is 224 g/mol. The van der Waals surface area contributed by atoms with Gasteiger partial charge in [-0.25, -0.2) is 4.79 Å². The van der Waals surface area contributed by atoms with Crippen LogP contribution in [0.25, 0.3) is 0 Å². The van der Waals surface area contributed by atoms with Gasteiger partial charge in [0.1, 0.15) is 5.75 Å². The van der Waals surface area contributed by atoms with Gasteiger partial charge in [0.15, 0.2) is 11.9 Å². The van der Waals surface area contributed by atoms with Crippen molar-refractivity contribution < 1.29 is 24.5 Å². The van der Waals surface area contributed by atoms with E-state index in [0.29, 0.717) is 12.0 Å². The van der Waals surface area contributed by atoms with Crippen molar-refractivity contribution in [2.45, 2.75) is 19.4 Å². The molecule has 1 aromatic rings. The third kappa shape index (κ3) is 2.82. The molecule has 0 saturated carbocycles.